The minimum atomic E-state index is -0.457. The fourth-order valence-electron chi connectivity index (χ4n) is 1.56. The summed E-state index contributed by atoms with van der Waals surface area (Å²) in [6.45, 7) is 1.69. The molecular formula is C11H10O3. The van der Waals surface area contributed by atoms with Crippen molar-refractivity contribution in [3.05, 3.63) is 29.8 Å². The number of fused-ring (bicyclic) bond motifs is 1. The average Bonchev–Trinajstić information content (AvgIpc) is 2.23. The van der Waals surface area contributed by atoms with Crippen LogP contribution in [0.3, 0.4) is 0 Å². The average molecular weight is 190 g/mol. The monoisotopic (exact) mass is 190 g/mol. The van der Waals surface area contributed by atoms with Gasteiger partial charge in [0.15, 0.2) is 11.5 Å². The molecule has 0 saturated carbocycles. The first-order valence-corrected chi connectivity index (χ1v) is 4.25. The van der Waals surface area contributed by atoms with Crippen LogP contribution in [0.15, 0.2) is 24.3 Å². The van der Waals surface area contributed by atoms with Gasteiger partial charge >= 0.3 is 0 Å². The van der Waals surface area contributed by atoms with Gasteiger partial charge in [-0.15, -0.1) is 0 Å². The van der Waals surface area contributed by atoms with E-state index < -0.39 is 5.75 Å². The van der Waals surface area contributed by atoms with Gasteiger partial charge in [0.1, 0.15) is 0 Å². The molecule has 3 N–H and O–H groups in total. The molecule has 0 aliphatic carbocycles. The molecule has 0 radical (unpaired) electrons. The zero-order valence-electron chi connectivity index (χ0n) is 7.65. The van der Waals surface area contributed by atoms with Gasteiger partial charge < -0.3 is 15.3 Å². The molecule has 2 aromatic carbocycles. The minimum absolute atomic E-state index is 0.263. The van der Waals surface area contributed by atoms with E-state index in [0.717, 1.165) is 5.39 Å². The van der Waals surface area contributed by atoms with Gasteiger partial charge in [0.2, 0.25) is 5.75 Å². The van der Waals surface area contributed by atoms with E-state index in [0.29, 0.717) is 10.9 Å². The largest absolute Gasteiger partial charge is 0.504 e. The number of phenolic OH excluding ortho intramolecular Hbond substituents is 3. The summed E-state index contributed by atoms with van der Waals surface area (Å²) in [6, 6.07) is 7.05. The molecule has 0 unspecified atom stereocenters. The zero-order chi connectivity index (χ0) is 10.3. The first-order valence-electron chi connectivity index (χ1n) is 4.25. The Morgan fingerprint density at radius 3 is 2.00 bits per heavy atom. The van der Waals surface area contributed by atoms with Crippen molar-refractivity contribution in [2.24, 2.45) is 0 Å². The predicted molar refractivity (Wildman–Crippen MR) is 53.7 cm³/mol. The number of aromatic hydroxyl groups is 3. The molecule has 0 fully saturated rings. The van der Waals surface area contributed by atoms with Crippen LogP contribution in [0, 0.1) is 6.92 Å². The first kappa shape index (κ1) is 8.69. The van der Waals surface area contributed by atoms with E-state index in [4.69, 9.17) is 0 Å². The molecule has 0 atom stereocenters. The van der Waals surface area contributed by atoms with Gasteiger partial charge in [-0.25, -0.2) is 0 Å². The standard InChI is InChI=1S/C11H10O3/c1-6-7-4-2-3-5-8(7)10(13)11(14)9(6)12/h2-5,12-14H,1H3. The molecule has 2 aromatic rings. The Labute approximate surface area is 80.9 Å². The molecule has 0 heterocycles. The molecular weight excluding hydrogens is 180 g/mol. The maximum absolute atomic E-state index is 9.55. The smallest absolute Gasteiger partial charge is 0.201 e. The summed E-state index contributed by atoms with van der Waals surface area (Å²) in [5.74, 6) is -0.994. The molecule has 3 heteroatoms. The van der Waals surface area contributed by atoms with Crippen LogP contribution in [0.1, 0.15) is 5.56 Å². The van der Waals surface area contributed by atoms with Gasteiger partial charge in [-0.05, 0) is 12.3 Å². The van der Waals surface area contributed by atoms with Crippen LogP contribution in [-0.4, -0.2) is 15.3 Å². The van der Waals surface area contributed by atoms with Crippen LogP contribution >= 0.6 is 0 Å². The number of aryl methyl sites for hydroxylation is 1. The highest BCUT2D eigenvalue weighted by atomic mass is 16.3. The van der Waals surface area contributed by atoms with E-state index in [-0.39, 0.29) is 11.5 Å². The normalized spacial score (nSPS) is 10.6. The predicted octanol–water partition coefficient (Wildman–Crippen LogP) is 2.27. The molecule has 3 nitrogen and oxygen atoms in total. The third-order valence-corrected chi connectivity index (χ3v) is 2.39. The van der Waals surface area contributed by atoms with Crippen LogP contribution < -0.4 is 0 Å². The summed E-state index contributed by atoms with van der Waals surface area (Å²) in [6.07, 6.45) is 0. The first-order chi connectivity index (χ1) is 6.63. The van der Waals surface area contributed by atoms with Crippen molar-refractivity contribution >= 4 is 10.8 Å². The lowest BCUT2D eigenvalue weighted by Gasteiger charge is -2.09. The van der Waals surface area contributed by atoms with Crippen LogP contribution in [0.4, 0.5) is 0 Å². The molecule has 0 amide bonds. The third kappa shape index (κ3) is 0.988. The third-order valence-electron chi connectivity index (χ3n) is 2.39. The topological polar surface area (TPSA) is 60.7 Å². The molecule has 0 aliphatic heterocycles. The van der Waals surface area contributed by atoms with Gasteiger partial charge in [0.25, 0.3) is 0 Å². The van der Waals surface area contributed by atoms with Crippen LogP contribution in [0.5, 0.6) is 17.2 Å². The van der Waals surface area contributed by atoms with Gasteiger partial charge in [-0.1, -0.05) is 24.3 Å². The molecule has 2 rings (SSSR count). The van der Waals surface area contributed by atoms with E-state index in [2.05, 4.69) is 0 Å². The fraction of sp³-hybridized carbons (Fsp3) is 0.0909. The number of rotatable bonds is 0. The Hall–Kier alpha value is -1.90. The maximum Gasteiger partial charge on any atom is 0.201 e. The van der Waals surface area contributed by atoms with Crippen molar-refractivity contribution in [2.45, 2.75) is 6.92 Å². The molecule has 14 heavy (non-hydrogen) atoms. The zero-order valence-corrected chi connectivity index (χ0v) is 7.65. The van der Waals surface area contributed by atoms with Crippen molar-refractivity contribution in [1.29, 1.82) is 0 Å². The Bertz CT molecular complexity index is 457. The van der Waals surface area contributed by atoms with E-state index in [1.54, 1.807) is 25.1 Å². The fourth-order valence-corrected chi connectivity index (χ4v) is 1.56. The summed E-state index contributed by atoms with van der Waals surface area (Å²) in [5.41, 5.74) is 0.566. The van der Waals surface area contributed by atoms with Crippen molar-refractivity contribution < 1.29 is 15.3 Å². The Morgan fingerprint density at radius 2 is 1.36 bits per heavy atom. The molecule has 0 aromatic heterocycles. The molecule has 0 saturated heterocycles. The van der Waals surface area contributed by atoms with Crippen LogP contribution in [0.2, 0.25) is 0 Å². The quantitative estimate of drug-likeness (QED) is 0.558. The van der Waals surface area contributed by atoms with Crippen molar-refractivity contribution in [2.75, 3.05) is 0 Å². The Kier molecular flexibility index (Phi) is 1.74. The second kappa shape index (κ2) is 2.80. The summed E-state index contributed by atoms with van der Waals surface area (Å²) >= 11 is 0. The van der Waals surface area contributed by atoms with Gasteiger partial charge in [0.05, 0.1) is 0 Å². The lowest BCUT2D eigenvalue weighted by molar-refractivity contribution is 0.369. The van der Waals surface area contributed by atoms with Gasteiger partial charge in [0, 0.05) is 10.9 Å². The maximum atomic E-state index is 9.55. The number of benzene rings is 2. The SMILES string of the molecule is Cc1c(O)c(O)c(O)c2ccccc12. The van der Waals surface area contributed by atoms with Crippen LogP contribution in [0.25, 0.3) is 10.8 Å². The summed E-state index contributed by atoms with van der Waals surface area (Å²) in [5, 5.41) is 29.7. The van der Waals surface area contributed by atoms with Crippen LogP contribution in [-0.2, 0) is 0 Å². The van der Waals surface area contributed by atoms with Gasteiger partial charge in [-0.2, -0.15) is 0 Å². The van der Waals surface area contributed by atoms with Crippen molar-refractivity contribution in [3.63, 3.8) is 0 Å². The second-order valence-electron chi connectivity index (χ2n) is 3.22. The lowest BCUT2D eigenvalue weighted by atomic mass is 10.0. The molecule has 0 bridgehead atoms. The van der Waals surface area contributed by atoms with Crippen molar-refractivity contribution in [3.8, 4) is 17.2 Å². The van der Waals surface area contributed by atoms with E-state index in [1.807, 2.05) is 6.07 Å². The molecule has 0 spiro atoms. The lowest BCUT2D eigenvalue weighted by Crippen LogP contribution is -1.82. The summed E-state index contributed by atoms with van der Waals surface area (Å²) in [7, 11) is 0. The number of hydrogen-bond donors (Lipinski definition) is 3. The summed E-state index contributed by atoms with van der Waals surface area (Å²) in [4.78, 5) is 0. The van der Waals surface area contributed by atoms with E-state index in [9.17, 15) is 15.3 Å². The van der Waals surface area contributed by atoms with E-state index in [1.165, 1.54) is 0 Å². The Morgan fingerprint density at radius 1 is 0.786 bits per heavy atom. The highest BCUT2D eigenvalue weighted by Crippen LogP contribution is 2.43. The summed E-state index contributed by atoms with van der Waals surface area (Å²) < 4.78 is 0. The Balaban J connectivity index is 3.02. The van der Waals surface area contributed by atoms with Crippen molar-refractivity contribution in [1.82, 2.24) is 0 Å². The highest BCUT2D eigenvalue weighted by molar-refractivity contribution is 5.95. The molecule has 72 valence electrons. The minimum Gasteiger partial charge on any atom is -0.504 e. The number of phenols is 3. The molecule has 0 aliphatic rings. The second-order valence-corrected chi connectivity index (χ2v) is 3.22. The number of hydrogen-bond acceptors (Lipinski definition) is 3. The van der Waals surface area contributed by atoms with E-state index >= 15 is 0 Å². The highest BCUT2D eigenvalue weighted by Gasteiger charge is 2.14. The van der Waals surface area contributed by atoms with Gasteiger partial charge in [-0.3, -0.25) is 0 Å².